The normalized spacial score (nSPS) is 10.6. The van der Waals surface area contributed by atoms with E-state index >= 15 is 0 Å². The second kappa shape index (κ2) is 6.39. The first-order chi connectivity index (χ1) is 10.5. The standard InChI is InChI=1S/C13H11N4O5/c1-22-14-8-10-3-2-6-15(9-10)12-5-4-11(16(18)19)7-13(12)17(20)21/h2-9H,1H3/q+1/b14-8+. The lowest BCUT2D eigenvalue weighted by Crippen LogP contribution is -2.31. The molecule has 0 atom stereocenters. The second-order valence-electron chi connectivity index (χ2n) is 4.15. The van der Waals surface area contributed by atoms with Crippen molar-refractivity contribution in [3.05, 3.63) is 68.5 Å². The van der Waals surface area contributed by atoms with Crippen LogP contribution in [-0.2, 0) is 4.84 Å². The zero-order chi connectivity index (χ0) is 16.1. The summed E-state index contributed by atoms with van der Waals surface area (Å²) >= 11 is 0. The van der Waals surface area contributed by atoms with Crippen LogP contribution >= 0.6 is 0 Å². The van der Waals surface area contributed by atoms with Crippen LogP contribution in [0, 0.1) is 20.2 Å². The van der Waals surface area contributed by atoms with E-state index in [0.717, 1.165) is 6.07 Å². The number of aromatic nitrogens is 1. The fraction of sp³-hybridized carbons (Fsp3) is 0.0769. The van der Waals surface area contributed by atoms with Crippen LogP contribution in [0.4, 0.5) is 11.4 Å². The first kappa shape index (κ1) is 15.0. The summed E-state index contributed by atoms with van der Waals surface area (Å²) in [5.74, 6) is 0. The van der Waals surface area contributed by atoms with Crippen molar-refractivity contribution in [3.63, 3.8) is 0 Å². The molecule has 0 amide bonds. The first-order valence-electron chi connectivity index (χ1n) is 6.04. The molecule has 0 unspecified atom stereocenters. The molecule has 0 radical (unpaired) electrons. The Kier molecular flexibility index (Phi) is 4.37. The van der Waals surface area contributed by atoms with E-state index in [9.17, 15) is 20.2 Å². The zero-order valence-corrected chi connectivity index (χ0v) is 11.4. The monoisotopic (exact) mass is 303 g/mol. The van der Waals surface area contributed by atoms with Crippen molar-refractivity contribution in [3.8, 4) is 5.69 Å². The summed E-state index contributed by atoms with van der Waals surface area (Å²) in [5, 5.41) is 25.5. The Hall–Kier alpha value is -3.36. The number of pyridine rings is 1. The SMILES string of the molecule is CO/N=C/c1ccc[n+](-c2ccc([N+](=O)[O-])cc2[N+](=O)[O-])c1. The highest BCUT2D eigenvalue weighted by atomic mass is 16.6. The molecule has 0 saturated carbocycles. The highest BCUT2D eigenvalue weighted by molar-refractivity contribution is 5.78. The maximum absolute atomic E-state index is 11.2. The van der Waals surface area contributed by atoms with Crippen molar-refractivity contribution < 1.29 is 19.3 Å². The lowest BCUT2D eigenvalue weighted by Gasteiger charge is -1.99. The van der Waals surface area contributed by atoms with Crippen LogP contribution in [0.2, 0.25) is 0 Å². The molecule has 112 valence electrons. The molecular weight excluding hydrogens is 292 g/mol. The van der Waals surface area contributed by atoms with Crippen molar-refractivity contribution >= 4 is 17.6 Å². The largest absolute Gasteiger partial charge is 0.399 e. The van der Waals surface area contributed by atoms with E-state index < -0.39 is 9.85 Å². The number of nitro benzene ring substituents is 2. The summed E-state index contributed by atoms with van der Waals surface area (Å²) in [4.78, 5) is 25.1. The number of oxime groups is 1. The predicted octanol–water partition coefficient (Wildman–Crippen LogP) is 1.76. The van der Waals surface area contributed by atoms with E-state index in [2.05, 4.69) is 9.99 Å². The maximum Gasteiger partial charge on any atom is 0.347 e. The minimum atomic E-state index is -0.677. The highest BCUT2D eigenvalue weighted by Crippen LogP contribution is 2.24. The third kappa shape index (κ3) is 3.20. The van der Waals surface area contributed by atoms with E-state index in [1.165, 1.54) is 30.0 Å². The summed E-state index contributed by atoms with van der Waals surface area (Å²) in [6.45, 7) is 0. The van der Waals surface area contributed by atoms with E-state index in [1.54, 1.807) is 24.5 Å². The molecule has 1 aromatic carbocycles. The Balaban J connectivity index is 2.54. The highest BCUT2D eigenvalue weighted by Gasteiger charge is 2.26. The molecule has 9 nitrogen and oxygen atoms in total. The third-order valence-electron chi connectivity index (χ3n) is 2.78. The summed E-state index contributed by atoms with van der Waals surface area (Å²) in [6.07, 6.45) is 4.63. The summed E-state index contributed by atoms with van der Waals surface area (Å²) < 4.78 is 1.48. The zero-order valence-electron chi connectivity index (χ0n) is 11.4. The van der Waals surface area contributed by atoms with Crippen molar-refractivity contribution in [1.82, 2.24) is 0 Å². The Labute approximate surface area is 124 Å². The van der Waals surface area contributed by atoms with Gasteiger partial charge in [-0.1, -0.05) is 5.16 Å². The molecule has 9 heteroatoms. The molecule has 0 fully saturated rings. The van der Waals surface area contributed by atoms with Gasteiger partial charge in [-0.15, -0.1) is 0 Å². The van der Waals surface area contributed by atoms with Crippen molar-refractivity contribution in [2.24, 2.45) is 5.16 Å². The smallest absolute Gasteiger partial charge is 0.347 e. The van der Waals surface area contributed by atoms with Gasteiger partial charge in [-0.2, -0.15) is 4.57 Å². The van der Waals surface area contributed by atoms with Gasteiger partial charge in [-0.3, -0.25) is 20.2 Å². The summed E-state index contributed by atoms with van der Waals surface area (Å²) in [7, 11) is 1.40. The number of benzene rings is 1. The van der Waals surface area contributed by atoms with Gasteiger partial charge in [0.2, 0.25) is 0 Å². The van der Waals surface area contributed by atoms with Crippen molar-refractivity contribution in [1.29, 1.82) is 0 Å². The number of rotatable bonds is 5. The topological polar surface area (TPSA) is 112 Å². The quantitative estimate of drug-likeness (QED) is 0.361. The molecule has 0 aliphatic rings. The van der Waals surface area contributed by atoms with Crippen LogP contribution in [0.15, 0.2) is 47.9 Å². The number of hydrogen-bond donors (Lipinski definition) is 0. The van der Waals surface area contributed by atoms with Gasteiger partial charge >= 0.3 is 5.69 Å². The maximum atomic E-state index is 11.2. The molecule has 2 aromatic rings. The fourth-order valence-electron chi connectivity index (χ4n) is 1.82. The molecular formula is C13H11N4O5+. The third-order valence-corrected chi connectivity index (χ3v) is 2.78. The van der Waals surface area contributed by atoms with E-state index in [1.807, 2.05) is 0 Å². The minimum Gasteiger partial charge on any atom is -0.399 e. The van der Waals surface area contributed by atoms with Gasteiger partial charge in [-0.05, 0) is 6.07 Å². The van der Waals surface area contributed by atoms with Crippen LogP contribution in [0.5, 0.6) is 0 Å². The van der Waals surface area contributed by atoms with Gasteiger partial charge in [0.25, 0.3) is 11.4 Å². The minimum absolute atomic E-state index is 0.211. The van der Waals surface area contributed by atoms with E-state index in [-0.39, 0.29) is 17.1 Å². The number of nitrogens with zero attached hydrogens (tertiary/aromatic N) is 4. The second-order valence-corrected chi connectivity index (χ2v) is 4.15. The summed E-state index contributed by atoms with van der Waals surface area (Å²) in [6, 6.07) is 6.87. The molecule has 0 bridgehead atoms. The van der Waals surface area contributed by atoms with Gasteiger partial charge < -0.3 is 4.84 Å². The summed E-state index contributed by atoms with van der Waals surface area (Å²) in [5.41, 5.74) is 0.161. The Morgan fingerprint density at radius 1 is 1.23 bits per heavy atom. The molecule has 2 rings (SSSR count). The van der Waals surface area contributed by atoms with Crippen LogP contribution in [0.1, 0.15) is 5.56 Å². The number of nitro groups is 2. The van der Waals surface area contributed by atoms with Gasteiger partial charge in [0.15, 0.2) is 12.4 Å². The Morgan fingerprint density at radius 3 is 2.64 bits per heavy atom. The van der Waals surface area contributed by atoms with Crippen molar-refractivity contribution in [2.75, 3.05) is 7.11 Å². The Bertz CT molecular complexity index is 760. The van der Waals surface area contributed by atoms with Gasteiger partial charge in [0.1, 0.15) is 13.2 Å². The molecule has 0 aliphatic heterocycles. The van der Waals surface area contributed by atoms with E-state index in [4.69, 9.17) is 0 Å². The van der Waals surface area contributed by atoms with Gasteiger partial charge in [-0.25, -0.2) is 0 Å². The molecule has 22 heavy (non-hydrogen) atoms. The number of hydrogen-bond acceptors (Lipinski definition) is 6. The molecule has 1 aromatic heterocycles. The van der Waals surface area contributed by atoms with Crippen LogP contribution in [-0.4, -0.2) is 23.2 Å². The fourth-order valence-corrected chi connectivity index (χ4v) is 1.82. The first-order valence-corrected chi connectivity index (χ1v) is 6.04. The lowest BCUT2D eigenvalue weighted by molar-refractivity contribution is -0.601. The molecule has 0 N–H and O–H groups in total. The van der Waals surface area contributed by atoms with Gasteiger partial charge in [0.05, 0.1) is 21.6 Å². The predicted molar refractivity (Wildman–Crippen MR) is 75.9 cm³/mol. The molecule has 1 heterocycles. The van der Waals surface area contributed by atoms with Gasteiger partial charge in [0, 0.05) is 18.2 Å². The lowest BCUT2D eigenvalue weighted by atomic mass is 10.2. The average Bonchev–Trinajstić information content (AvgIpc) is 2.52. The van der Waals surface area contributed by atoms with Crippen molar-refractivity contribution in [2.45, 2.75) is 0 Å². The van der Waals surface area contributed by atoms with Crippen LogP contribution in [0.3, 0.4) is 0 Å². The Morgan fingerprint density at radius 2 is 2.00 bits per heavy atom. The van der Waals surface area contributed by atoms with Crippen LogP contribution < -0.4 is 4.57 Å². The molecule has 0 spiro atoms. The number of non-ortho nitro benzene ring substituents is 1. The van der Waals surface area contributed by atoms with E-state index in [0.29, 0.717) is 5.56 Å². The van der Waals surface area contributed by atoms with Crippen LogP contribution in [0.25, 0.3) is 5.69 Å². The molecule has 0 aliphatic carbocycles. The average molecular weight is 303 g/mol. The molecule has 0 saturated heterocycles.